The van der Waals surface area contributed by atoms with E-state index in [1.807, 2.05) is 6.92 Å². The van der Waals surface area contributed by atoms with Crippen molar-refractivity contribution in [1.29, 1.82) is 0 Å². The van der Waals surface area contributed by atoms with Gasteiger partial charge in [-0.25, -0.2) is 9.59 Å². The number of ether oxygens (including phenoxy) is 1. The van der Waals surface area contributed by atoms with Gasteiger partial charge in [0, 0.05) is 41.1 Å². The molecule has 1 atom stereocenters. The zero-order valence-electron chi connectivity index (χ0n) is 22.0. The predicted molar refractivity (Wildman–Crippen MR) is 140 cm³/mol. The molecular weight excluding hydrogens is 571 g/mol. The average molecular weight is 596 g/mol. The van der Waals surface area contributed by atoms with Gasteiger partial charge in [-0.3, -0.25) is 9.78 Å². The summed E-state index contributed by atoms with van der Waals surface area (Å²) in [4.78, 5) is 41.6. The molecule has 13 nitrogen and oxygen atoms in total. The van der Waals surface area contributed by atoms with Crippen molar-refractivity contribution in [3.63, 3.8) is 0 Å². The third kappa shape index (κ3) is 5.09. The summed E-state index contributed by atoms with van der Waals surface area (Å²) in [7, 11) is 1.50. The van der Waals surface area contributed by atoms with E-state index in [4.69, 9.17) is 4.74 Å². The highest BCUT2D eigenvalue weighted by Crippen LogP contribution is 2.43. The van der Waals surface area contributed by atoms with Gasteiger partial charge in [0.1, 0.15) is 18.0 Å². The molecule has 1 aromatic rings. The fourth-order valence-corrected chi connectivity index (χ4v) is 6.00. The van der Waals surface area contributed by atoms with Crippen LogP contribution >= 0.6 is 11.9 Å². The Labute approximate surface area is 235 Å². The number of hydrazone groups is 2. The maximum absolute atomic E-state index is 13.6. The van der Waals surface area contributed by atoms with Crippen LogP contribution in [-0.2, 0) is 11.3 Å². The van der Waals surface area contributed by atoms with E-state index in [0.717, 1.165) is 22.4 Å². The van der Waals surface area contributed by atoms with Crippen molar-refractivity contribution >= 4 is 47.3 Å². The number of imide groups is 1. The Morgan fingerprint density at radius 1 is 1.17 bits per heavy atom. The maximum Gasteiger partial charge on any atom is 0.471 e. The maximum atomic E-state index is 13.6. The van der Waals surface area contributed by atoms with Crippen LogP contribution < -0.4 is 4.74 Å². The molecule has 2 N–H and O–H groups in total. The Balaban J connectivity index is 1.63. The van der Waals surface area contributed by atoms with Gasteiger partial charge in [-0.1, -0.05) is 0 Å². The number of alkyl halides is 3. The van der Waals surface area contributed by atoms with E-state index in [-0.39, 0.29) is 40.6 Å². The molecule has 218 valence electrons. The molecule has 1 fully saturated rings. The molecule has 1 aromatic heterocycles. The number of rotatable bonds is 5. The number of carboxylic acid groups (broad SMARTS) is 2. The molecule has 1 saturated carbocycles. The van der Waals surface area contributed by atoms with Crippen LogP contribution in [0, 0.1) is 13.8 Å². The number of hydrogen-bond acceptors (Lipinski definition) is 10. The van der Waals surface area contributed by atoms with Crippen LogP contribution in [0.5, 0.6) is 5.75 Å². The first-order valence-electron chi connectivity index (χ1n) is 12.4. The van der Waals surface area contributed by atoms with Crippen LogP contribution in [0.15, 0.2) is 31.9 Å². The summed E-state index contributed by atoms with van der Waals surface area (Å²) in [5, 5.41) is 29.4. The number of carbonyl (C=O) groups excluding carboxylic acids is 1. The van der Waals surface area contributed by atoms with E-state index in [1.54, 1.807) is 13.1 Å². The summed E-state index contributed by atoms with van der Waals surface area (Å²) >= 11 is 0.758. The third-order valence-electron chi connectivity index (χ3n) is 7.06. The topological polar surface area (TPSA) is 161 Å². The number of aromatic nitrogens is 1. The Bertz CT molecular complexity index is 1460. The fraction of sp³-hybridized carbons (Fsp3) is 0.458. The van der Waals surface area contributed by atoms with Gasteiger partial charge in [-0.05, 0) is 44.2 Å². The zero-order chi connectivity index (χ0) is 29.8. The molecule has 0 saturated heterocycles. The van der Waals surface area contributed by atoms with Crippen molar-refractivity contribution in [2.45, 2.75) is 57.9 Å². The molecule has 0 spiro atoms. The highest BCUT2D eigenvalue weighted by Gasteiger charge is 2.53. The monoisotopic (exact) mass is 595 g/mol. The molecule has 0 aromatic carbocycles. The number of nitrogens with zero attached hydrogens (tertiary/aromatic N) is 7. The lowest BCUT2D eigenvalue weighted by Gasteiger charge is -2.31. The van der Waals surface area contributed by atoms with Gasteiger partial charge in [0.15, 0.2) is 5.84 Å². The van der Waals surface area contributed by atoms with Gasteiger partial charge in [0.2, 0.25) is 0 Å². The highest BCUT2D eigenvalue weighted by molar-refractivity contribution is 7.98. The summed E-state index contributed by atoms with van der Waals surface area (Å²) < 4.78 is 50.5. The second-order valence-electron chi connectivity index (χ2n) is 9.72. The molecule has 2 aliphatic carbocycles. The number of amidine groups is 1. The lowest BCUT2D eigenvalue weighted by molar-refractivity contribution is -0.187. The van der Waals surface area contributed by atoms with Crippen LogP contribution in [0.4, 0.5) is 22.8 Å². The van der Waals surface area contributed by atoms with E-state index < -0.39 is 42.2 Å². The second kappa shape index (κ2) is 10.4. The minimum atomic E-state index is -5.11. The summed E-state index contributed by atoms with van der Waals surface area (Å²) in [6, 6.07) is -1.66. The van der Waals surface area contributed by atoms with Crippen LogP contribution in [0.25, 0.3) is 0 Å². The van der Waals surface area contributed by atoms with Crippen LogP contribution in [0.2, 0.25) is 0 Å². The zero-order valence-corrected chi connectivity index (χ0v) is 22.8. The van der Waals surface area contributed by atoms with E-state index >= 15 is 0 Å². The summed E-state index contributed by atoms with van der Waals surface area (Å²) in [6.45, 7) is 3.53. The summed E-state index contributed by atoms with van der Waals surface area (Å²) in [5.74, 6) is -1.96. The van der Waals surface area contributed by atoms with E-state index in [0.29, 0.717) is 35.4 Å². The van der Waals surface area contributed by atoms with Gasteiger partial charge in [-0.15, -0.1) is 0 Å². The molecule has 3 heterocycles. The van der Waals surface area contributed by atoms with Crippen molar-refractivity contribution in [3.8, 4) is 5.75 Å². The number of halogens is 3. The number of amides is 3. The van der Waals surface area contributed by atoms with Crippen molar-refractivity contribution in [3.05, 3.63) is 34.2 Å². The molecule has 4 aliphatic rings. The first-order chi connectivity index (χ1) is 19.3. The van der Waals surface area contributed by atoms with E-state index in [9.17, 15) is 37.8 Å². The lowest BCUT2D eigenvalue weighted by atomic mass is 10.0. The van der Waals surface area contributed by atoms with Gasteiger partial charge < -0.3 is 19.8 Å². The normalized spacial score (nSPS) is 20.0. The van der Waals surface area contributed by atoms with Gasteiger partial charge in [0.25, 0.3) is 0 Å². The first kappa shape index (κ1) is 28.4. The van der Waals surface area contributed by atoms with Crippen molar-refractivity contribution < 1.29 is 42.5 Å². The fourth-order valence-electron chi connectivity index (χ4n) is 5.17. The first-order valence-corrected chi connectivity index (χ1v) is 13.3. The largest absolute Gasteiger partial charge is 0.496 e. The Kier molecular flexibility index (Phi) is 7.17. The molecular formula is C24H24F3N7O6S. The van der Waals surface area contributed by atoms with Crippen molar-refractivity contribution in [1.82, 2.24) is 19.9 Å². The molecule has 3 amide bonds. The Morgan fingerprint density at radius 3 is 2.44 bits per heavy atom. The molecule has 0 radical (unpaired) electrons. The van der Waals surface area contributed by atoms with Crippen LogP contribution in [0.1, 0.15) is 36.1 Å². The molecule has 17 heteroatoms. The number of pyridine rings is 1. The number of aryl methyl sites for hydroxylation is 1. The minimum absolute atomic E-state index is 0.00580. The third-order valence-corrected chi connectivity index (χ3v) is 7.80. The average Bonchev–Trinajstić information content (AvgIpc) is 3.67. The standard InChI is InChI=1S/C24H24F3N7O6S/c1-10-7-28-15(11(2)19(10)40-3)8-32-29-14-6-16(33(12-4-5-12)21(35)24(25,26)27)13-9-41-31-20(18(30-32)17(13)14)34(22(36)37)23(38)39/h7,12,16H,4-6,8-9H2,1-3H3,(H,36,37)(H,38,39)/t16-/m0/s1. The lowest BCUT2D eigenvalue weighted by Crippen LogP contribution is -2.48. The number of methoxy groups -OCH3 is 1. The molecule has 41 heavy (non-hydrogen) atoms. The Morgan fingerprint density at radius 2 is 1.85 bits per heavy atom. The SMILES string of the molecule is COc1c(C)cnc(CN2N=C3C[C@H](N(C(=O)C(F)(F)F)C4CC4)C4=C3C(=N2)C(N(C(=O)O)C(=O)O)=NSC4)c1C. The predicted octanol–water partition coefficient (Wildman–Crippen LogP) is 3.58. The van der Waals surface area contributed by atoms with E-state index in [1.165, 1.54) is 12.2 Å². The molecule has 0 unspecified atom stereocenters. The summed E-state index contributed by atoms with van der Waals surface area (Å²) in [5.41, 5.74) is 2.53. The van der Waals surface area contributed by atoms with Crippen molar-refractivity contribution in [2.75, 3.05) is 12.9 Å². The number of hydrogen-bond donors (Lipinski definition) is 2. The van der Waals surface area contributed by atoms with Gasteiger partial charge >= 0.3 is 24.3 Å². The van der Waals surface area contributed by atoms with Crippen LogP contribution in [-0.4, -0.2) is 96.6 Å². The van der Waals surface area contributed by atoms with Crippen molar-refractivity contribution in [2.24, 2.45) is 14.6 Å². The summed E-state index contributed by atoms with van der Waals surface area (Å²) in [6.07, 6.45) is -6.51. The minimum Gasteiger partial charge on any atom is -0.496 e. The van der Waals surface area contributed by atoms with E-state index in [2.05, 4.69) is 19.6 Å². The second-order valence-corrected chi connectivity index (χ2v) is 10.5. The van der Waals surface area contributed by atoms with Gasteiger partial charge in [-0.2, -0.15) is 37.8 Å². The van der Waals surface area contributed by atoms with Crippen LogP contribution in [0.3, 0.4) is 0 Å². The van der Waals surface area contributed by atoms with Gasteiger partial charge in [0.05, 0.1) is 24.6 Å². The highest BCUT2D eigenvalue weighted by atomic mass is 32.2. The molecule has 2 aliphatic heterocycles. The number of carbonyl (C=O) groups is 3. The molecule has 5 rings (SSSR count). The Hall–Kier alpha value is -4.15. The quantitative estimate of drug-likeness (QED) is 0.485. The smallest absolute Gasteiger partial charge is 0.471 e. The molecule has 0 bridgehead atoms.